The van der Waals surface area contributed by atoms with Crippen LogP contribution in [0.2, 0.25) is 5.02 Å². The van der Waals surface area contributed by atoms with E-state index in [1.807, 2.05) is 0 Å². The number of anilines is 2. The summed E-state index contributed by atoms with van der Waals surface area (Å²) in [4.78, 5) is 14.3. The molecule has 1 amide bonds. The van der Waals surface area contributed by atoms with Crippen LogP contribution in [0, 0.1) is 5.92 Å². The smallest absolute Gasteiger partial charge is 0.378 e. The fourth-order valence-corrected chi connectivity index (χ4v) is 5.10. The zero-order valence-electron chi connectivity index (χ0n) is 17.5. The van der Waals surface area contributed by atoms with Gasteiger partial charge in [-0.1, -0.05) is 11.6 Å². The first-order valence-corrected chi connectivity index (χ1v) is 11.7. The topological polar surface area (TPSA) is 69.7 Å². The summed E-state index contributed by atoms with van der Waals surface area (Å²) in [5.74, 6) is -1.15. The van der Waals surface area contributed by atoms with E-state index < -0.39 is 33.6 Å². The van der Waals surface area contributed by atoms with Gasteiger partial charge >= 0.3 is 6.18 Å². The normalized spacial score (nSPS) is 16.1. The highest BCUT2D eigenvalue weighted by Crippen LogP contribution is 2.37. The molecule has 1 aliphatic rings. The van der Waals surface area contributed by atoms with Crippen molar-refractivity contribution in [1.82, 2.24) is 4.31 Å². The Morgan fingerprint density at radius 3 is 2.22 bits per heavy atom. The van der Waals surface area contributed by atoms with Gasteiger partial charge in [-0.3, -0.25) is 4.79 Å². The number of halogens is 4. The van der Waals surface area contributed by atoms with Crippen LogP contribution in [-0.4, -0.2) is 45.8 Å². The zero-order valence-corrected chi connectivity index (χ0v) is 19.1. The summed E-state index contributed by atoms with van der Waals surface area (Å²) >= 11 is 5.81. The summed E-state index contributed by atoms with van der Waals surface area (Å²) in [6, 6.07) is 9.49. The van der Waals surface area contributed by atoms with Gasteiger partial charge in [0, 0.05) is 43.8 Å². The maximum Gasteiger partial charge on any atom is 0.418 e. The SMILES string of the molecule is CN(C)c1ccc(NC(=O)C2CCN(S(=O)(=O)c3ccc(Cl)cc3)CC2)c(C(F)(F)F)c1. The summed E-state index contributed by atoms with van der Waals surface area (Å²) in [5.41, 5.74) is -0.889. The third kappa shape index (κ3) is 5.36. The molecule has 0 unspecified atom stereocenters. The number of benzene rings is 2. The molecular weight excluding hydrogens is 467 g/mol. The maximum absolute atomic E-state index is 13.5. The van der Waals surface area contributed by atoms with Crippen molar-refractivity contribution < 1.29 is 26.4 Å². The lowest BCUT2D eigenvalue weighted by Gasteiger charge is -2.30. The Bertz CT molecular complexity index is 1080. The first kappa shape index (κ1) is 24.3. The average Bonchev–Trinajstić information content (AvgIpc) is 2.73. The highest BCUT2D eigenvalue weighted by molar-refractivity contribution is 7.89. The molecular formula is C21H23ClF3N3O3S. The first-order valence-electron chi connectivity index (χ1n) is 9.85. The lowest BCUT2D eigenvalue weighted by molar-refractivity contribution is -0.137. The Hall–Kier alpha value is -2.30. The summed E-state index contributed by atoms with van der Waals surface area (Å²) in [5, 5.41) is 2.80. The van der Waals surface area contributed by atoms with Crippen LogP contribution in [0.25, 0.3) is 0 Å². The molecule has 0 atom stereocenters. The van der Waals surface area contributed by atoms with Gasteiger partial charge in [-0.25, -0.2) is 8.42 Å². The highest BCUT2D eigenvalue weighted by Gasteiger charge is 2.36. The Labute approximate surface area is 190 Å². The van der Waals surface area contributed by atoms with Crippen molar-refractivity contribution in [1.29, 1.82) is 0 Å². The molecule has 2 aromatic carbocycles. The fraction of sp³-hybridized carbons (Fsp3) is 0.381. The molecule has 1 saturated heterocycles. The van der Waals surface area contributed by atoms with Gasteiger partial charge in [-0.05, 0) is 55.3 Å². The molecule has 0 aromatic heterocycles. The van der Waals surface area contributed by atoms with Crippen LogP contribution in [-0.2, 0) is 21.0 Å². The molecule has 1 N–H and O–H groups in total. The van der Waals surface area contributed by atoms with E-state index in [-0.39, 0.29) is 36.5 Å². The second kappa shape index (κ2) is 9.29. The monoisotopic (exact) mass is 489 g/mol. The fourth-order valence-electron chi connectivity index (χ4n) is 3.50. The van der Waals surface area contributed by atoms with Crippen molar-refractivity contribution >= 4 is 38.9 Å². The number of hydrogen-bond acceptors (Lipinski definition) is 4. The number of nitrogens with zero attached hydrogens (tertiary/aromatic N) is 2. The van der Waals surface area contributed by atoms with E-state index in [4.69, 9.17) is 11.6 Å². The summed E-state index contributed by atoms with van der Waals surface area (Å²) < 4.78 is 67.3. The minimum atomic E-state index is -4.63. The van der Waals surface area contributed by atoms with Crippen LogP contribution in [0.1, 0.15) is 18.4 Å². The lowest BCUT2D eigenvalue weighted by Crippen LogP contribution is -2.41. The molecule has 0 saturated carbocycles. The summed E-state index contributed by atoms with van der Waals surface area (Å²) in [6.07, 6.45) is -4.23. The van der Waals surface area contributed by atoms with Crippen molar-refractivity contribution in [2.75, 3.05) is 37.4 Å². The summed E-state index contributed by atoms with van der Waals surface area (Å²) in [7, 11) is -0.487. The summed E-state index contributed by atoms with van der Waals surface area (Å²) in [6.45, 7) is 0.184. The van der Waals surface area contributed by atoms with Crippen molar-refractivity contribution in [3.05, 3.63) is 53.1 Å². The molecule has 0 spiro atoms. The number of sulfonamides is 1. The number of piperidine rings is 1. The molecule has 2 aromatic rings. The van der Waals surface area contributed by atoms with Gasteiger partial charge in [0.2, 0.25) is 15.9 Å². The van der Waals surface area contributed by atoms with Crippen LogP contribution in [0.15, 0.2) is 47.4 Å². The zero-order chi connectivity index (χ0) is 23.7. The lowest BCUT2D eigenvalue weighted by atomic mass is 9.97. The highest BCUT2D eigenvalue weighted by atomic mass is 35.5. The molecule has 1 aliphatic heterocycles. The van der Waals surface area contributed by atoms with E-state index in [1.165, 1.54) is 45.6 Å². The maximum atomic E-state index is 13.5. The third-order valence-electron chi connectivity index (χ3n) is 5.36. The predicted molar refractivity (Wildman–Crippen MR) is 117 cm³/mol. The van der Waals surface area contributed by atoms with Crippen LogP contribution >= 0.6 is 11.6 Å². The van der Waals surface area contributed by atoms with Crippen molar-refractivity contribution in [3.8, 4) is 0 Å². The molecule has 0 radical (unpaired) electrons. The van der Waals surface area contributed by atoms with Crippen LogP contribution < -0.4 is 10.2 Å². The van der Waals surface area contributed by atoms with Crippen molar-refractivity contribution in [2.45, 2.75) is 23.9 Å². The van der Waals surface area contributed by atoms with Gasteiger partial charge in [0.25, 0.3) is 0 Å². The molecule has 1 fully saturated rings. The van der Waals surface area contributed by atoms with Crippen LogP contribution in [0.5, 0.6) is 0 Å². The number of carbonyl (C=O) groups excluding carboxylic acids is 1. The van der Waals surface area contributed by atoms with Gasteiger partial charge in [0.1, 0.15) is 0 Å². The van der Waals surface area contributed by atoms with Gasteiger partial charge in [0.15, 0.2) is 0 Å². The number of amides is 1. The van der Waals surface area contributed by atoms with Crippen molar-refractivity contribution in [2.24, 2.45) is 5.92 Å². The molecule has 174 valence electrons. The van der Waals surface area contributed by atoms with E-state index in [0.29, 0.717) is 10.7 Å². The Morgan fingerprint density at radius 2 is 1.69 bits per heavy atom. The van der Waals surface area contributed by atoms with Crippen LogP contribution in [0.3, 0.4) is 0 Å². The van der Waals surface area contributed by atoms with Gasteiger partial charge in [-0.15, -0.1) is 0 Å². The minimum Gasteiger partial charge on any atom is -0.378 e. The van der Waals surface area contributed by atoms with E-state index in [2.05, 4.69) is 5.32 Å². The molecule has 6 nitrogen and oxygen atoms in total. The molecule has 0 bridgehead atoms. The average molecular weight is 490 g/mol. The standard InChI is InChI=1S/C21H23ClF3N3O3S/c1-27(2)16-5-8-19(18(13-16)21(23,24)25)26-20(29)14-9-11-28(12-10-14)32(30,31)17-6-3-15(22)4-7-17/h3-8,13-14H,9-12H2,1-2H3,(H,26,29). The van der Waals surface area contributed by atoms with Gasteiger partial charge in [0.05, 0.1) is 16.1 Å². The van der Waals surface area contributed by atoms with E-state index in [0.717, 1.165) is 6.07 Å². The number of hydrogen-bond donors (Lipinski definition) is 1. The quantitative estimate of drug-likeness (QED) is 0.673. The largest absolute Gasteiger partial charge is 0.418 e. The van der Waals surface area contributed by atoms with Gasteiger partial charge < -0.3 is 10.2 Å². The van der Waals surface area contributed by atoms with Crippen LogP contribution in [0.4, 0.5) is 24.5 Å². The van der Waals surface area contributed by atoms with E-state index in [9.17, 15) is 26.4 Å². The van der Waals surface area contributed by atoms with Gasteiger partial charge in [-0.2, -0.15) is 17.5 Å². The second-order valence-electron chi connectivity index (χ2n) is 7.74. The first-order chi connectivity index (χ1) is 14.9. The number of carbonyl (C=O) groups is 1. The van der Waals surface area contributed by atoms with E-state index >= 15 is 0 Å². The van der Waals surface area contributed by atoms with E-state index in [1.54, 1.807) is 14.1 Å². The predicted octanol–water partition coefficient (Wildman–Crippen LogP) is 4.46. The molecule has 11 heteroatoms. The number of nitrogens with one attached hydrogen (secondary N) is 1. The molecule has 32 heavy (non-hydrogen) atoms. The number of rotatable bonds is 5. The minimum absolute atomic E-state index is 0.0920. The molecule has 1 heterocycles. The van der Waals surface area contributed by atoms with Crippen molar-refractivity contribution in [3.63, 3.8) is 0 Å². The Morgan fingerprint density at radius 1 is 1.09 bits per heavy atom. The Balaban J connectivity index is 1.69. The molecule has 3 rings (SSSR count). The third-order valence-corrected chi connectivity index (χ3v) is 7.52. The Kier molecular flexibility index (Phi) is 7.06. The number of alkyl halides is 3. The second-order valence-corrected chi connectivity index (χ2v) is 10.1. The molecule has 0 aliphatic carbocycles.